The summed E-state index contributed by atoms with van der Waals surface area (Å²) in [7, 11) is 1.30. The molecule has 1 heterocycles. The van der Waals surface area contributed by atoms with Crippen LogP contribution in [0.1, 0.15) is 69.2 Å². The molecule has 8 heteroatoms. The van der Waals surface area contributed by atoms with Gasteiger partial charge in [0, 0.05) is 20.0 Å². The monoisotopic (exact) mass is 393 g/mol. The summed E-state index contributed by atoms with van der Waals surface area (Å²) in [5.41, 5.74) is 4.31. The lowest BCUT2D eigenvalue weighted by atomic mass is 9.86. The molecule has 8 nitrogen and oxygen atoms in total. The van der Waals surface area contributed by atoms with Gasteiger partial charge in [-0.3, -0.25) is 23.5 Å². The lowest BCUT2D eigenvalue weighted by molar-refractivity contribution is -0.142. The second-order valence-corrected chi connectivity index (χ2v) is 8.04. The van der Waals surface area contributed by atoms with Crippen LogP contribution in [-0.4, -0.2) is 27.5 Å². The number of nitrogens with zero attached hydrogens (tertiary/aromatic N) is 2. The highest BCUT2D eigenvalue weighted by Crippen LogP contribution is 2.27. The van der Waals surface area contributed by atoms with E-state index in [1.807, 2.05) is 13.8 Å². The van der Waals surface area contributed by atoms with Gasteiger partial charge >= 0.3 is 11.7 Å². The Hall–Kier alpha value is -2.38. The van der Waals surface area contributed by atoms with E-state index in [0.29, 0.717) is 5.92 Å². The highest BCUT2D eigenvalue weighted by atomic mass is 16.5. The Labute approximate surface area is 164 Å². The topological polar surface area (TPSA) is 113 Å². The summed E-state index contributed by atoms with van der Waals surface area (Å²) in [5, 5.41) is 0. The number of carbonyl (C=O) groups is 2. The molecular formula is C20H31N3O5. The number of carbonyl (C=O) groups excluding carboxylic acids is 2. The molecule has 1 aliphatic rings. The predicted molar refractivity (Wildman–Crippen MR) is 106 cm³/mol. The fourth-order valence-corrected chi connectivity index (χ4v) is 3.68. The third-order valence-electron chi connectivity index (χ3n) is 5.26. The Morgan fingerprint density at radius 2 is 1.82 bits per heavy atom. The average Bonchev–Trinajstić information content (AvgIpc) is 2.67. The first kappa shape index (κ1) is 21.9. The maximum atomic E-state index is 12.5. The second kappa shape index (κ2) is 9.71. The first-order chi connectivity index (χ1) is 13.2. The van der Waals surface area contributed by atoms with Gasteiger partial charge in [0.05, 0.1) is 0 Å². The first-order valence-electron chi connectivity index (χ1n) is 10.0. The molecular weight excluding hydrogens is 362 g/mol. The SMILES string of the molecule is CC(C)Cn1c(N)c(C(=O)COC(=O)CCC2CCCCC2)c(=O)n(C)c1=O. The number of hydrogen-bond acceptors (Lipinski definition) is 6. The highest BCUT2D eigenvalue weighted by molar-refractivity contribution is 6.01. The quantitative estimate of drug-likeness (QED) is 0.533. The summed E-state index contributed by atoms with van der Waals surface area (Å²) in [4.78, 5) is 49.1. The van der Waals surface area contributed by atoms with E-state index in [1.54, 1.807) is 0 Å². The number of ketones is 1. The zero-order valence-electron chi connectivity index (χ0n) is 17.0. The van der Waals surface area contributed by atoms with Crippen LogP contribution in [0.5, 0.6) is 0 Å². The van der Waals surface area contributed by atoms with Crippen LogP contribution in [0.3, 0.4) is 0 Å². The zero-order valence-corrected chi connectivity index (χ0v) is 17.0. The molecule has 0 spiro atoms. The Bertz CT molecular complexity index is 831. The van der Waals surface area contributed by atoms with Crippen molar-refractivity contribution in [3.05, 3.63) is 26.4 Å². The number of esters is 1. The summed E-state index contributed by atoms with van der Waals surface area (Å²) in [5.74, 6) is -0.686. The third kappa shape index (κ3) is 5.33. The first-order valence-corrected chi connectivity index (χ1v) is 10.0. The highest BCUT2D eigenvalue weighted by Gasteiger charge is 2.23. The largest absolute Gasteiger partial charge is 0.457 e. The lowest BCUT2D eigenvalue weighted by Crippen LogP contribution is -2.43. The van der Waals surface area contributed by atoms with Crippen molar-refractivity contribution in [3.8, 4) is 0 Å². The van der Waals surface area contributed by atoms with Crippen molar-refractivity contribution in [3.63, 3.8) is 0 Å². The fourth-order valence-electron chi connectivity index (χ4n) is 3.68. The molecule has 1 saturated carbocycles. The Morgan fingerprint density at radius 1 is 1.18 bits per heavy atom. The fraction of sp³-hybridized carbons (Fsp3) is 0.700. The van der Waals surface area contributed by atoms with E-state index >= 15 is 0 Å². The second-order valence-electron chi connectivity index (χ2n) is 8.04. The van der Waals surface area contributed by atoms with Gasteiger partial charge < -0.3 is 10.5 Å². The molecule has 2 rings (SSSR count). The Morgan fingerprint density at radius 3 is 2.43 bits per heavy atom. The summed E-state index contributed by atoms with van der Waals surface area (Å²) >= 11 is 0. The number of anilines is 1. The molecule has 1 aliphatic carbocycles. The van der Waals surface area contributed by atoms with Crippen LogP contribution < -0.4 is 17.0 Å². The van der Waals surface area contributed by atoms with E-state index in [-0.39, 0.29) is 30.3 Å². The molecule has 1 fully saturated rings. The van der Waals surface area contributed by atoms with Crippen molar-refractivity contribution in [2.75, 3.05) is 12.3 Å². The van der Waals surface area contributed by atoms with Gasteiger partial charge in [0.1, 0.15) is 11.4 Å². The van der Waals surface area contributed by atoms with Crippen molar-refractivity contribution in [2.24, 2.45) is 18.9 Å². The van der Waals surface area contributed by atoms with E-state index in [4.69, 9.17) is 10.5 Å². The normalized spacial score (nSPS) is 15.0. The summed E-state index contributed by atoms with van der Waals surface area (Å²) in [6, 6.07) is 0. The maximum absolute atomic E-state index is 12.5. The zero-order chi connectivity index (χ0) is 20.8. The third-order valence-corrected chi connectivity index (χ3v) is 5.26. The van der Waals surface area contributed by atoms with Crippen LogP contribution in [-0.2, 0) is 23.1 Å². The van der Waals surface area contributed by atoms with E-state index in [2.05, 4.69) is 0 Å². The number of Topliss-reactive ketones (excluding diaryl/α,β-unsaturated/α-hetero) is 1. The molecule has 0 saturated heterocycles. The minimum atomic E-state index is -0.772. The van der Waals surface area contributed by atoms with Gasteiger partial charge in [0.2, 0.25) is 5.78 Å². The minimum Gasteiger partial charge on any atom is -0.457 e. The lowest BCUT2D eigenvalue weighted by Gasteiger charge is -2.20. The number of nitrogens with two attached hydrogens (primary N) is 1. The molecule has 0 radical (unpaired) electrons. The average molecular weight is 393 g/mol. The van der Waals surface area contributed by atoms with Crippen molar-refractivity contribution in [2.45, 2.75) is 65.3 Å². The standard InChI is InChI=1S/C20H31N3O5/c1-13(2)11-23-18(21)17(19(26)22(3)20(23)27)15(24)12-28-16(25)10-9-14-7-5-4-6-8-14/h13-14H,4-12,21H2,1-3H3. The summed E-state index contributed by atoms with van der Waals surface area (Å²) < 4.78 is 7.14. The van der Waals surface area contributed by atoms with Crippen molar-refractivity contribution in [1.29, 1.82) is 0 Å². The molecule has 0 atom stereocenters. The molecule has 2 N–H and O–H groups in total. The number of ether oxygens (including phenoxy) is 1. The smallest absolute Gasteiger partial charge is 0.332 e. The molecule has 0 aromatic carbocycles. The number of nitrogen functional groups attached to an aromatic ring is 1. The molecule has 1 aromatic rings. The van der Waals surface area contributed by atoms with Gasteiger partial charge in [-0.1, -0.05) is 46.0 Å². The molecule has 0 amide bonds. The van der Waals surface area contributed by atoms with Gasteiger partial charge in [0.25, 0.3) is 5.56 Å². The summed E-state index contributed by atoms with van der Waals surface area (Å²) in [6.45, 7) is 3.52. The van der Waals surface area contributed by atoms with Crippen LogP contribution in [0.25, 0.3) is 0 Å². The Kier molecular flexibility index (Phi) is 7.60. The van der Waals surface area contributed by atoms with Crippen LogP contribution in [0.2, 0.25) is 0 Å². The summed E-state index contributed by atoms with van der Waals surface area (Å²) in [6.07, 6.45) is 6.95. The van der Waals surface area contributed by atoms with Gasteiger partial charge in [-0.2, -0.15) is 0 Å². The van der Waals surface area contributed by atoms with E-state index < -0.39 is 29.6 Å². The van der Waals surface area contributed by atoms with Gasteiger partial charge in [0.15, 0.2) is 6.61 Å². The van der Waals surface area contributed by atoms with Crippen LogP contribution >= 0.6 is 0 Å². The molecule has 1 aromatic heterocycles. The van der Waals surface area contributed by atoms with Crippen LogP contribution in [0, 0.1) is 11.8 Å². The molecule has 156 valence electrons. The molecule has 0 aliphatic heterocycles. The van der Waals surface area contributed by atoms with Crippen LogP contribution in [0.15, 0.2) is 9.59 Å². The van der Waals surface area contributed by atoms with Gasteiger partial charge in [-0.05, 0) is 18.3 Å². The minimum absolute atomic E-state index is 0.0954. The number of rotatable bonds is 8. The molecule has 0 unspecified atom stereocenters. The van der Waals surface area contributed by atoms with Gasteiger partial charge in [-0.25, -0.2) is 4.79 Å². The van der Waals surface area contributed by atoms with Crippen molar-refractivity contribution >= 4 is 17.6 Å². The van der Waals surface area contributed by atoms with E-state index in [9.17, 15) is 19.2 Å². The maximum Gasteiger partial charge on any atom is 0.332 e. The molecule has 28 heavy (non-hydrogen) atoms. The predicted octanol–water partition coefficient (Wildman–Crippen LogP) is 1.87. The van der Waals surface area contributed by atoms with Crippen molar-refractivity contribution in [1.82, 2.24) is 9.13 Å². The van der Waals surface area contributed by atoms with Crippen molar-refractivity contribution < 1.29 is 14.3 Å². The Balaban J connectivity index is 2.05. The number of hydrogen-bond donors (Lipinski definition) is 1. The van der Waals surface area contributed by atoms with E-state index in [0.717, 1.165) is 23.8 Å². The van der Waals surface area contributed by atoms with Gasteiger partial charge in [-0.15, -0.1) is 0 Å². The van der Waals surface area contributed by atoms with E-state index in [1.165, 1.54) is 30.9 Å². The van der Waals surface area contributed by atoms with Crippen LogP contribution in [0.4, 0.5) is 5.82 Å². The number of aromatic nitrogens is 2. The molecule has 0 bridgehead atoms.